The maximum Gasteiger partial charge on any atom is 0.316 e. The van der Waals surface area contributed by atoms with Crippen molar-refractivity contribution in [1.82, 2.24) is 15.1 Å². The molecule has 19 heavy (non-hydrogen) atoms. The van der Waals surface area contributed by atoms with Crippen LogP contribution in [0.5, 0.6) is 0 Å². The van der Waals surface area contributed by atoms with Gasteiger partial charge in [0.1, 0.15) is 0 Å². The zero-order valence-electron chi connectivity index (χ0n) is 12.4. The van der Waals surface area contributed by atoms with E-state index in [0.29, 0.717) is 6.54 Å². The molecule has 0 aliphatic carbocycles. The summed E-state index contributed by atoms with van der Waals surface area (Å²) in [6.07, 6.45) is 0. The van der Waals surface area contributed by atoms with E-state index in [9.17, 15) is 4.79 Å². The van der Waals surface area contributed by atoms with Gasteiger partial charge in [-0.1, -0.05) is 44.2 Å². The molecule has 0 aliphatic rings. The minimum atomic E-state index is -0.0481. The first-order valence-corrected chi connectivity index (χ1v) is 6.84. The molecule has 0 bridgehead atoms. The van der Waals surface area contributed by atoms with Crippen molar-refractivity contribution in [3.8, 4) is 0 Å². The Hall–Kier alpha value is -1.55. The summed E-state index contributed by atoms with van der Waals surface area (Å²) in [6.45, 7) is 6.85. The standard InChI is InChI=1S/C15H25N3O/c1-5-18(6-2)14(12-16-15(19)17(3)4)13-10-8-7-9-11-13/h7-11,14H,5-6,12H2,1-4H3,(H,16,19). The van der Waals surface area contributed by atoms with Gasteiger partial charge in [0.2, 0.25) is 0 Å². The molecule has 2 amide bonds. The van der Waals surface area contributed by atoms with Crippen molar-refractivity contribution in [2.45, 2.75) is 19.9 Å². The van der Waals surface area contributed by atoms with Crippen molar-refractivity contribution >= 4 is 6.03 Å². The highest BCUT2D eigenvalue weighted by atomic mass is 16.2. The normalized spacial score (nSPS) is 12.3. The molecule has 0 heterocycles. The number of hydrogen-bond donors (Lipinski definition) is 1. The number of hydrogen-bond acceptors (Lipinski definition) is 2. The molecular weight excluding hydrogens is 238 g/mol. The minimum absolute atomic E-state index is 0.0481. The predicted octanol–water partition coefficient (Wildman–Crippen LogP) is 2.34. The van der Waals surface area contributed by atoms with E-state index in [1.54, 1.807) is 19.0 Å². The highest BCUT2D eigenvalue weighted by Crippen LogP contribution is 2.19. The average Bonchev–Trinajstić information content (AvgIpc) is 2.43. The molecule has 106 valence electrons. The summed E-state index contributed by atoms with van der Waals surface area (Å²) in [5, 5.41) is 2.98. The SMILES string of the molecule is CCN(CC)C(CNC(=O)N(C)C)c1ccccc1. The molecule has 0 fully saturated rings. The first kappa shape index (κ1) is 15.5. The first-order chi connectivity index (χ1) is 9.10. The maximum absolute atomic E-state index is 11.7. The second-order valence-electron chi connectivity index (χ2n) is 4.73. The van der Waals surface area contributed by atoms with Crippen molar-refractivity contribution in [3.05, 3.63) is 35.9 Å². The minimum Gasteiger partial charge on any atom is -0.336 e. The zero-order valence-corrected chi connectivity index (χ0v) is 12.4. The molecule has 0 spiro atoms. The average molecular weight is 263 g/mol. The number of nitrogens with one attached hydrogen (secondary N) is 1. The summed E-state index contributed by atoms with van der Waals surface area (Å²) in [7, 11) is 3.51. The molecule has 0 saturated carbocycles. The molecule has 1 atom stereocenters. The van der Waals surface area contributed by atoms with Crippen LogP contribution in [0.25, 0.3) is 0 Å². The van der Waals surface area contributed by atoms with Crippen LogP contribution in [-0.2, 0) is 0 Å². The van der Waals surface area contributed by atoms with Gasteiger partial charge in [0.05, 0.1) is 6.04 Å². The van der Waals surface area contributed by atoms with E-state index >= 15 is 0 Å². The van der Waals surface area contributed by atoms with Gasteiger partial charge in [-0.15, -0.1) is 0 Å². The lowest BCUT2D eigenvalue weighted by Gasteiger charge is -2.30. The fraction of sp³-hybridized carbons (Fsp3) is 0.533. The second-order valence-corrected chi connectivity index (χ2v) is 4.73. The Morgan fingerprint density at radius 1 is 1.16 bits per heavy atom. The molecule has 1 rings (SSSR count). The van der Waals surface area contributed by atoms with Crippen molar-refractivity contribution in [2.75, 3.05) is 33.7 Å². The third kappa shape index (κ3) is 4.56. The Morgan fingerprint density at radius 3 is 2.21 bits per heavy atom. The summed E-state index contributed by atoms with van der Waals surface area (Å²) in [4.78, 5) is 15.6. The third-order valence-corrected chi connectivity index (χ3v) is 3.29. The van der Waals surface area contributed by atoms with Crippen LogP contribution in [0.3, 0.4) is 0 Å². The van der Waals surface area contributed by atoms with E-state index in [2.05, 4.69) is 36.2 Å². The number of urea groups is 1. The van der Waals surface area contributed by atoms with E-state index in [-0.39, 0.29) is 12.1 Å². The number of amides is 2. The summed E-state index contributed by atoms with van der Waals surface area (Å²) in [6, 6.07) is 10.5. The van der Waals surface area contributed by atoms with Crippen LogP contribution in [0.1, 0.15) is 25.5 Å². The van der Waals surface area contributed by atoms with Gasteiger partial charge in [0.15, 0.2) is 0 Å². The van der Waals surface area contributed by atoms with E-state index in [0.717, 1.165) is 13.1 Å². The lowest BCUT2D eigenvalue weighted by atomic mass is 10.1. The summed E-state index contributed by atoms with van der Waals surface area (Å²) < 4.78 is 0. The topological polar surface area (TPSA) is 35.6 Å². The monoisotopic (exact) mass is 263 g/mol. The van der Waals surface area contributed by atoms with Crippen LogP contribution in [0.2, 0.25) is 0 Å². The zero-order chi connectivity index (χ0) is 14.3. The highest BCUT2D eigenvalue weighted by molar-refractivity contribution is 5.73. The molecule has 0 aromatic heterocycles. The summed E-state index contributed by atoms with van der Waals surface area (Å²) in [5.41, 5.74) is 1.24. The Labute approximate surface area is 116 Å². The van der Waals surface area contributed by atoms with Crippen LogP contribution < -0.4 is 5.32 Å². The predicted molar refractivity (Wildman–Crippen MR) is 79.2 cm³/mol. The van der Waals surface area contributed by atoms with Crippen LogP contribution in [-0.4, -0.2) is 49.6 Å². The lowest BCUT2D eigenvalue weighted by Crippen LogP contribution is -2.41. The smallest absolute Gasteiger partial charge is 0.316 e. The number of rotatable bonds is 6. The van der Waals surface area contributed by atoms with Gasteiger partial charge in [-0.3, -0.25) is 4.90 Å². The largest absolute Gasteiger partial charge is 0.336 e. The van der Waals surface area contributed by atoms with E-state index in [4.69, 9.17) is 0 Å². The van der Waals surface area contributed by atoms with Crippen LogP contribution in [0.4, 0.5) is 4.79 Å². The number of carbonyl (C=O) groups excluding carboxylic acids is 1. The van der Waals surface area contributed by atoms with Crippen LogP contribution >= 0.6 is 0 Å². The number of nitrogens with zero attached hydrogens (tertiary/aromatic N) is 2. The summed E-state index contributed by atoms with van der Waals surface area (Å²) >= 11 is 0. The van der Waals surface area contributed by atoms with Crippen molar-refractivity contribution < 1.29 is 4.79 Å². The first-order valence-electron chi connectivity index (χ1n) is 6.84. The van der Waals surface area contributed by atoms with Gasteiger partial charge < -0.3 is 10.2 Å². The Bertz CT molecular complexity index is 374. The molecule has 0 aliphatic heterocycles. The van der Waals surface area contributed by atoms with Crippen molar-refractivity contribution in [2.24, 2.45) is 0 Å². The van der Waals surface area contributed by atoms with E-state index < -0.39 is 0 Å². The molecule has 4 nitrogen and oxygen atoms in total. The van der Waals surface area contributed by atoms with Gasteiger partial charge in [0.25, 0.3) is 0 Å². The van der Waals surface area contributed by atoms with Crippen molar-refractivity contribution in [3.63, 3.8) is 0 Å². The molecular formula is C15H25N3O. The molecule has 1 N–H and O–H groups in total. The Morgan fingerprint density at radius 2 is 1.74 bits per heavy atom. The Balaban J connectivity index is 2.79. The molecule has 1 aromatic rings. The maximum atomic E-state index is 11.7. The van der Waals surface area contributed by atoms with E-state index in [1.165, 1.54) is 5.56 Å². The fourth-order valence-electron chi connectivity index (χ4n) is 2.14. The number of likely N-dealkylation sites (N-methyl/N-ethyl adjacent to an activating group) is 1. The molecule has 0 radical (unpaired) electrons. The van der Waals surface area contributed by atoms with Gasteiger partial charge >= 0.3 is 6.03 Å². The van der Waals surface area contributed by atoms with Crippen LogP contribution in [0.15, 0.2) is 30.3 Å². The fourth-order valence-corrected chi connectivity index (χ4v) is 2.14. The quantitative estimate of drug-likeness (QED) is 0.855. The van der Waals surface area contributed by atoms with Crippen LogP contribution in [0, 0.1) is 0 Å². The Kier molecular flexibility index (Phi) is 6.36. The van der Waals surface area contributed by atoms with Gasteiger partial charge in [-0.05, 0) is 18.7 Å². The molecule has 4 heteroatoms. The van der Waals surface area contributed by atoms with E-state index in [1.807, 2.05) is 18.2 Å². The number of carbonyl (C=O) groups is 1. The lowest BCUT2D eigenvalue weighted by molar-refractivity contribution is 0.195. The third-order valence-electron chi connectivity index (χ3n) is 3.29. The highest BCUT2D eigenvalue weighted by Gasteiger charge is 2.18. The second kappa shape index (κ2) is 7.79. The molecule has 0 saturated heterocycles. The van der Waals surface area contributed by atoms with Gasteiger partial charge in [0, 0.05) is 20.6 Å². The van der Waals surface area contributed by atoms with Gasteiger partial charge in [-0.25, -0.2) is 4.79 Å². The molecule has 1 unspecified atom stereocenters. The van der Waals surface area contributed by atoms with Gasteiger partial charge in [-0.2, -0.15) is 0 Å². The number of benzene rings is 1. The summed E-state index contributed by atoms with van der Waals surface area (Å²) in [5.74, 6) is 0. The van der Waals surface area contributed by atoms with Crippen molar-refractivity contribution in [1.29, 1.82) is 0 Å². The molecule has 1 aromatic carbocycles.